The number of aromatic nitrogens is 4. The van der Waals surface area contributed by atoms with Crippen molar-refractivity contribution in [3.05, 3.63) is 17.3 Å². The Balaban J connectivity index is 2.25. The van der Waals surface area contributed by atoms with Crippen LogP contribution in [0.5, 0.6) is 0 Å². The molecule has 2 aromatic rings. The van der Waals surface area contributed by atoms with E-state index in [1.54, 1.807) is 12.4 Å². The number of hydrogen-bond donors (Lipinski definition) is 0. The molecule has 0 N–H and O–H groups in total. The molecule has 0 bridgehead atoms. The third-order valence-electron chi connectivity index (χ3n) is 2.64. The summed E-state index contributed by atoms with van der Waals surface area (Å²) in [5.74, 6) is -0.404. The molecule has 1 atom stereocenters. The monoisotopic (exact) mass is 310 g/mol. The van der Waals surface area contributed by atoms with Gasteiger partial charge in [0.15, 0.2) is 10.0 Å². The minimum atomic E-state index is -0.404. The van der Waals surface area contributed by atoms with Crippen LogP contribution in [0.4, 0.5) is 0 Å². The molecule has 20 heavy (non-hydrogen) atoms. The molecule has 0 aliphatic rings. The molecule has 2 rings (SSSR count). The highest BCUT2D eigenvalue weighted by Gasteiger charge is 2.21. The number of nitrogens with zero attached hydrogens (tertiary/aromatic N) is 4. The minimum Gasteiger partial charge on any atom is -0.458 e. The second-order valence-electron chi connectivity index (χ2n) is 4.03. The van der Waals surface area contributed by atoms with Crippen molar-refractivity contribution in [2.45, 2.75) is 31.5 Å². The standard InChI is InChI=1S/C12H14N4O2S2/c1-4-7(2)18-11(17)10-9(15-16-20-10)8-5-13-12(19-3)14-6-8/h5-7H,4H2,1-3H3/t7-/m1/s1. The third-order valence-corrected chi connectivity index (χ3v) is 3.92. The molecule has 0 aliphatic heterocycles. The molecule has 0 radical (unpaired) electrons. The summed E-state index contributed by atoms with van der Waals surface area (Å²) >= 11 is 2.47. The second kappa shape index (κ2) is 6.76. The van der Waals surface area contributed by atoms with Gasteiger partial charge in [0.1, 0.15) is 5.69 Å². The van der Waals surface area contributed by atoms with Crippen LogP contribution in [-0.2, 0) is 4.74 Å². The van der Waals surface area contributed by atoms with E-state index >= 15 is 0 Å². The molecule has 0 fully saturated rings. The molecule has 6 nitrogen and oxygen atoms in total. The second-order valence-corrected chi connectivity index (χ2v) is 5.56. The van der Waals surface area contributed by atoms with Crippen molar-refractivity contribution in [2.75, 3.05) is 6.26 Å². The Labute approximate surface area is 125 Å². The van der Waals surface area contributed by atoms with Crippen molar-refractivity contribution in [1.29, 1.82) is 0 Å². The van der Waals surface area contributed by atoms with E-state index in [1.807, 2.05) is 20.1 Å². The van der Waals surface area contributed by atoms with Crippen LogP contribution >= 0.6 is 23.3 Å². The molecule has 0 saturated carbocycles. The van der Waals surface area contributed by atoms with Crippen LogP contribution in [-0.4, -0.2) is 37.9 Å². The Morgan fingerprint density at radius 2 is 2.15 bits per heavy atom. The van der Waals surface area contributed by atoms with Crippen molar-refractivity contribution < 1.29 is 9.53 Å². The summed E-state index contributed by atoms with van der Waals surface area (Å²) in [5.41, 5.74) is 1.13. The number of carbonyl (C=O) groups is 1. The van der Waals surface area contributed by atoms with Crippen LogP contribution in [0, 0.1) is 0 Å². The highest BCUT2D eigenvalue weighted by Crippen LogP contribution is 2.24. The molecule has 0 unspecified atom stereocenters. The average molecular weight is 310 g/mol. The Hall–Kier alpha value is -1.54. The largest absolute Gasteiger partial charge is 0.458 e. The number of thioether (sulfide) groups is 1. The maximum absolute atomic E-state index is 12.1. The van der Waals surface area contributed by atoms with Gasteiger partial charge in [-0.05, 0) is 31.1 Å². The van der Waals surface area contributed by atoms with Gasteiger partial charge in [-0.15, -0.1) is 5.10 Å². The van der Waals surface area contributed by atoms with E-state index in [2.05, 4.69) is 19.6 Å². The highest BCUT2D eigenvalue weighted by molar-refractivity contribution is 7.98. The molecule has 0 aromatic carbocycles. The molecular formula is C12H14N4O2S2. The molecular weight excluding hydrogens is 296 g/mol. The Morgan fingerprint density at radius 1 is 1.45 bits per heavy atom. The van der Waals surface area contributed by atoms with Crippen LogP contribution < -0.4 is 0 Å². The van der Waals surface area contributed by atoms with Crippen molar-refractivity contribution in [3.8, 4) is 11.3 Å². The molecule has 0 amide bonds. The van der Waals surface area contributed by atoms with Crippen molar-refractivity contribution in [1.82, 2.24) is 19.6 Å². The predicted molar refractivity (Wildman–Crippen MR) is 77.9 cm³/mol. The van der Waals surface area contributed by atoms with Crippen molar-refractivity contribution >= 4 is 29.3 Å². The van der Waals surface area contributed by atoms with Crippen molar-refractivity contribution in [3.63, 3.8) is 0 Å². The lowest BCUT2D eigenvalue weighted by atomic mass is 10.2. The fraction of sp³-hybridized carbons (Fsp3) is 0.417. The van der Waals surface area contributed by atoms with E-state index in [0.29, 0.717) is 21.3 Å². The molecule has 0 spiro atoms. The minimum absolute atomic E-state index is 0.132. The first-order chi connectivity index (χ1) is 9.65. The molecule has 2 heterocycles. The lowest BCUT2D eigenvalue weighted by Gasteiger charge is -2.09. The lowest BCUT2D eigenvalue weighted by Crippen LogP contribution is -2.13. The quantitative estimate of drug-likeness (QED) is 0.477. The summed E-state index contributed by atoms with van der Waals surface area (Å²) in [6.45, 7) is 3.81. The maximum Gasteiger partial charge on any atom is 0.352 e. The average Bonchev–Trinajstić information content (AvgIpc) is 2.96. The normalized spacial score (nSPS) is 12.2. The Kier molecular flexibility index (Phi) is 5.02. The first-order valence-corrected chi connectivity index (χ1v) is 8.05. The van der Waals surface area contributed by atoms with Crippen LogP contribution in [0.2, 0.25) is 0 Å². The first kappa shape index (κ1) is 14.9. The van der Waals surface area contributed by atoms with Crippen molar-refractivity contribution in [2.24, 2.45) is 0 Å². The number of hydrogen-bond acceptors (Lipinski definition) is 8. The van der Waals surface area contributed by atoms with Gasteiger partial charge in [0, 0.05) is 18.0 Å². The summed E-state index contributed by atoms with van der Waals surface area (Å²) in [6.07, 6.45) is 5.80. The highest BCUT2D eigenvalue weighted by atomic mass is 32.2. The summed E-state index contributed by atoms with van der Waals surface area (Å²) < 4.78 is 9.12. The first-order valence-electron chi connectivity index (χ1n) is 6.05. The van der Waals surface area contributed by atoms with E-state index in [0.717, 1.165) is 18.0 Å². The number of esters is 1. The molecule has 8 heteroatoms. The maximum atomic E-state index is 12.1. The smallest absolute Gasteiger partial charge is 0.352 e. The Morgan fingerprint density at radius 3 is 2.75 bits per heavy atom. The van der Waals surface area contributed by atoms with Crippen LogP contribution in [0.3, 0.4) is 0 Å². The predicted octanol–water partition coefficient (Wildman–Crippen LogP) is 2.67. The van der Waals surface area contributed by atoms with Gasteiger partial charge in [0.05, 0.1) is 6.10 Å². The van der Waals surface area contributed by atoms with Gasteiger partial charge in [-0.25, -0.2) is 14.8 Å². The summed E-state index contributed by atoms with van der Waals surface area (Å²) in [7, 11) is 0. The van der Waals surface area contributed by atoms with E-state index in [4.69, 9.17) is 4.74 Å². The van der Waals surface area contributed by atoms with Gasteiger partial charge in [-0.2, -0.15) is 0 Å². The SMILES string of the molecule is CC[C@@H](C)OC(=O)c1snnc1-c1cnc(SC)nc1. The van der Waals surface area contributed by atoms with E-state index in [9.17, 15) is 4.79 Å². The van der Waals surface area contributed by atoms with Crippen LogP contribution in [0.15, 0.2) is 17.6 Å². The zero-order valence-electron chi connectivity index (χ0n) is 11.4. The van der Waals surface area contributed by atoms with E-state index in [-0.39, 0.29) is 6.10 Å². The fourth-order valence-electron chi connectivity index (χ4n) is 1.38. The van der Waals surface area contributed by atoms with Crippen LogP contribution in [0.25, 0.3) is 11.3 Å². The number of carbonyl (C=O) groups excluding carboxylic acids is 1. The van der Waals surface area contributed by atoms with Gasteiger partial charge in [0.2, 0.25) is 0 Å². The summed E-state index contributed by atoms with van der Waals surface area (Å²) in [6, 6.07) is 0. The number of ether oxygens (including phenoxy) is 1. The number of rotatable bonds is 5. The summed E-state index contributed by atoms with van der Waals surface area (Å²) in [4.78, 5) is 20.8. The van der Waals surface area contributed by atoms with Gasteiger partial charge >= 0.3 is 5.97 Å². The Bertz CT molecular complexity index is 585. The van der Waals surface area contributed by atoms with Gasteiger partial charge in [-0.3, -0.25) is 0 Å². The van der Waals surface area contributed by atoms with E-state index in [1.165, 1.54) is 11.8 Å². The molecule has 2 aromatic heterocycles. The van der Waals surface area contributed by atoms with Gasteiger partial charge in [0.25, 0.3) is 0 Å². The third kappa shape index (κ3) is 3.31. The zero-order chi connectivity index (χ0) is 14.5. The lowest BCUT2D eigenvalue weighted by molar-refractivity contribution is 0.0341. The zero-order valence-corrected chi connectivity index (χ0v) is 13.0. The molecule has 0 aliphatic carbocycles. The van der Waals surface area contributed by atoms with E-state index < -0.39 is 5.97 Å². The molecule has 0 saturated heterocycles. The van der Waals surface area contributed by atoms with Gasteiger partial charge in [-0.1, -0.05) is 23.2 Å². The molecule has 106 valence electrons. The summed E-state index contributed by atoms with van der Waals surface area (Å²) in [5, 5.41) is 4.64. The van der Waals surface area contributed by atoms with Crippen LogP contribution in [0.1, 0.15) is 29.9 Å². The fourth-order valence-corrected chi connectivity index (χ4v) is 2.27. The van der Waals surface area contributed by atoms with Gasteiger partial charge < -0.3 is 4.74 Å². The topological polar surface area (TPSA) is 77.9 Å².